The van der Waals surface area contributed by atoms with Crippen LogP contribution >= 0.6 is 24.8 Å². The largest absolute Gasteiger partial charge is 0.339 e. The Kier molecular flexibility index (Phi) is 8.54. The first-order valence-corrected chi connectivity index (χ1v) is 4.34. The van der Waals surface area contributed by atoms with Gasteiger partial charge in [-0.2, -0.15) is 0 Å². The minimum atomic E-state index is -0.353. The Bertz CT molecular complexity index is 170. The van der Waals surface area contributed by atoms with E-state index in [1.807, 2.05) is 4.90 Å². The van der Waals surface area contributed by atoms with Gasteiger partial charge in [0.25, 0.3) is 0 Å². The fourth-order valence-electron chi connectivity index (χ4n) is 1.31. The second-order valence-electron chi connectivity index (χ2n) is 3.42. The summed E-state index contributed by atoms with van der Waals surface area (Å²) in [6.45, 7) is 5.28. The van der Waals surface area contributed by atoms with Gasteiger partial charge < -0.3 is 15.5 Å². The third-order valence-corrected chi connectivity index (χ3v) is 2.20. The SMILES string of the molecule is C[C@@H](N)C(=O)N1CCN(C)CC1.Cl.Cl. The molecule has 0 aromatic rings. The Morgan fingerprint density at radius 2 is 1.64 bits per heavy atom. The molecule has 14 heavy (non-hydrogen) atoms. The van der Waals surface area contributed by atoms with Crippen LogP contribution in [0.5, 0.6) is 0 Å². The molecular formula is C8H19Cl2N3O. The third kappa shape index (κ3) is 4.46. The van der Waals surface area contributed by atoms with E-state index < -0.39 is 0 Å². The van der Waals surface area contributed by atoms with Crippen molar-refractivity contribution >= 4 is 30.7 Å². The predicted molar refractivity (Wildman–Crippen MR) is 62.2 cm³/mol. The van der Waals surface area contributed by atoms with Gasteiger partial charge in [-0.15, -0.1) is 24.8 Å². The molecule has 0 aromatic carbocycles. The number of hydrogen-bond acceptors (Lipinski definition) is 3. The van der Waals surface area contributed by atoms with E-state index in [4.69, 9.17) is 5.73 Å². The van der Waals surface area contributed by atoms with Gasteiger partial charge >= 0.3 is 0 Å². The molecule has 4 nitrogen and oxygen atoms in total. The molecule has 0 radical (unpaired) electrons. The van der Waals surface area contributed by atoms with Crippen LogP contribution in [0.15, 0.2) is 0 Å². The summed E-state index contributed by atoms with van der Waals surface area (Å²) in [6, 6.07) is -0.353. The molecule has 6 heteroatoms. The lowest BCUT2D eigenvalue weighted by atomic mass is 10.2. The lowest BCUT2D eigenvalue weighted by Gasteiger charge is -2.33. The van der Waals surface area contributed by atoms with Gasteiger partial charge in [-0.3, -0.25) is 4.79 Å². The zero-order valence-corrected chi connectivity index (χ0v) is 10.2. The smallest absolute Gasteiger partial charge is 0.239 e. The Balaban J connectivity index is 0. The van der Waals surface area contributed by atoms with E-state index in [9.17, 15) is 4.79 Å². The third-order valence-electron chi connectivity index (χ3n) is 2.20. The molecule has 1 rings (SSSR count). The van der Waals surface area contributed by atoms with Crippen LogP contribution in [0, 0.1) is 0 Å². The maximum absolute atomic E-state index is 11.4. The summed E-state index contributed by atoms with van der Waals surface area (Å²) in [7, 11) is 2.06. The van der Waals surface area contributed by atoms with Crippen molar-refractivity contribution < 1.29 is 4.79 Å². The molecule has 1 aliphatic heterocycles. The molecule has 0 unspecified atom stereocenters. The van der Waals surface area contributed by atoms with Crippen LogP contribution in [0.4, 0.5) is 0 Å². The van der Waals surface area contributed by atoms with Crippen LogP contribution in [0.25, 0.3) is 0 Å². The molecule has 0 spiro atoms. The van der Waals surface area contributed by atoms with Crippen molar-refractivity contribution in [3.63, 3.8) is 0 Å². The van der Waals surface area contributed by atoms with Gasteiger partial charge in [-0.05, 0) is 14.0 Å². The number of carbonyl (C=O) groups excluding carboxylic acids is 1. The predicted octanol–water partition coefficient (Wildman–Crippen LogP) is -0.0488. The molecule has 1 atom stereocenters. The van der Waals surface area contributed by atoms with Crippen LogP contribution < -0.4 is 5.73 Å². The zero-order chi connectivity index (χ0) is 9.14. The van der Waals surface area contributed by atoms with Crippen molar-refractivity contribution in [2.75, 3.05) is 33.2 Å². The Labute approximate surface area is 97.6 Å². The molecule has 1 aliphatic rings. The molecule has 1 heterocycles. The van der Waals surface area contributed by atoms with Crippen LogP contribution in [0.2, 0.25) is 0 Å². The first-order chi connectivity index (χ1) is 5.61. The van der Waals surface area contributed by atoms with E-state index in [1.165, 1.54) is 0 Å². The molecule has 1 fully saturated rings. The average molecular weight is 244 g/mol. The first kappa shape index (κ1) is 16.4. The van der Waals surface area contributed by atoms with E-state index in [0.29, 0.717) is 0 Å². The molecule has 2 N–H and O–H groups in total. The van der Waals surface area contributed by atoms with Gasteiger partial charge in [-0.25, -0.2) is 0 Å². The Morgan fingerprint density at radius 1 is 1.21 bits per heavy atom. The average Bonchev–Trinajstić information content (AvgIpc) is 2.04. The molecular weight excluding hydrogens is 225 g/mol. The number of halogens is 2. The van der Waals surface area contributed by atoms with Crippen LogP contribution in [-0.2, 0) is 4.79 Å². The highest BCUT2D eigenvalue weighted by molar-refractivity contribution is 5.85. The summed E-state index contributed by atoms with van der Waals surface area (Å²) in [4.78, 5) is 15.4. The normalized spacial score (nSPS) is 19.2. The fourth-order valence-corrected chi connectivity index (χ4v) is 1.31. The monoisotopic (exact) mass is 243 g/mol. The van der Waals surface area contributed by atoms with Crippen molar-refractivity contribution in [3.05, 3.63) is 0 Å². The minimum absolute atomic E-state index is 0. The molecule has 1 saturated heterocycles. The summed E-state index contributed by atoms with van der Waals surface area (Å²) in [6.07, 6.45) is 0. The second kappa shape index (κ2) is 7.29. The molecule has 0 bridgehead atoms. The number of piperazine rings is 1. The van der Waals surface area contributed by atoms with Crippen molar-refractivity contribution in [2.24, 2.45) is 5.73 Å². The fraction of sp³-hybridized carbons (Fsp3) is 0.875. The van der Waals surface area contributed by atoms with Gasteiger partial charge in [0.2, 0.25) is 5.91 Å². The van der Waals surface area contributed by atoms with Crippen molar-refractivity contribution in [3.8, 4) is 0 Å². The van der Waals surface area contributed by atoms with E-state index in [1.54, 1.807) is 6.92 Å². The van der Waals surface area contributed by atoms with Crippen molar-refractivity contribution in [2.45, 2.75) is 13.0 Å². The zero-order valence-electron chi connectivity index (χ0n) is 8.60. The second-order valence-corrected chi connectivity index (χ2v) is 3.42. The number of nitrogens with zero attached hydrogens (tertiary/aromatic N) is 2. The highest BCUT2D eigenvalue weighted by Gasteiger charge is 2.20. The number of carbonyl (C=O) groups is 1. The van der Waals surface area contributed by atoms with E-state index in [-0.39, 0.29) is 36.8 Å². The number of nitrogens with two attached hydrogens (primary N) is 1. The topological polar surface area (TPSA) is 49.6 Å². The summed E-state index contributed by atoms with van der Waals surface area (Å²) in [5, 5.41) is 0. The summed E-state index contributed by atoms with van der Waals surface area (Å²) in [5.74, 6) is 0.0723. The molecule has 0 saturated carbocycles. The quantitative estimate of drug-likeness (QED) is 0.703. The van der Waals surface area contributed by atoms with Crippen LogP contribution in [-0.4, -0.2) is 55.0 Å². The maximum Gasteiger partial charge on any atom is 0.239 e. The maximum atomic E-state index is 11.4. The minimum Gasteiger partial charge on any atom is -0.339 e. The number of hydrogen-bond donors (Lipinski definition) is 1. The molecule has 1 amide bonds. The number of rotatable bonds is 1. The van der Waals surface area contributed by atoms with Gasteiger partial charge in [0, 0.05) is 26.2 Å². The lowest BCUT2D eigenvalue weighted by Crippen LogP contribution is -2.51. The number of likely N-dealkylation sites (N-methyl/N-ethyl adjacent to an activating group) is 1. The number of amides is 1. The Morgan fingerprint density at radius 3 is 2.00 bits per heavy atom. The van der Waals surface area contributed by atoms with Gasteiger partial charge in [0.05, 0.1) is 6.04 Å². The standard InChI is InChI=1S/C8H17N3O.2ClH/c1-7(9)8(12)11-5-3-10(2)4-6-11;;/h7H,3-6,9H2,1-2H3;2*1H/t7-;;/m1../s1. The van der Waals surface area contributed by atoms with E-state index >= 15 is 0 Å². The Hall–Kier alpha value is -0.0300. The van der Waals surface area contributed by atoms with Crippen molar-refractivity contribution in [1.82, 2.24) is 9.80 Å². The lowest BCUT2D eigenvalue weighted by molar-refractivity contribution is -0.133. The molecule has 0 aliphatic carbocycles. The van der Waals surface area contributed by atoms with Gasteiger partial charge in [0.15, 0.2) is 0 Å². The van der Waals surface area contributed by atoms with E-state index in [2.05, 4.69) is 11.9 Å². The summed E-state index contributed by atoms with van der Waals surface area (Å²) in [5.41, 5.74) is 5.50. The van der Waals surface area contributed by atoms with Gasteiger partial charge in [-0.1, -0.05) is 0 Å². The summed E-state index contributed by atoms with van der Waals surface area (Å²) < 4.78 is 0. The first-order valence-electron chi connectivity index (χ1n) is 4.34. The van der Waals surface area contributed by atoms with Crippen LogP contribution in [0.1, 0.15) is 6.92 Å². The van der Waals surface area contributed by atoms with Gasteiger partial charge in [0.1, 0.15) is 0 Å². The highest BCUT2D eigenvalue weighted by Crippen LogP contribution is 2.00. The highest BCUT2D eigenvalue weighted by atomic mass is 35.5. The summed E-state index contributed by atoms with van der Waals surface area (Å²) >= 11 is 0. The van der Waals surface area contributed by atoms with Crippen molar-refractivity contribution in [1.29, 1.82) is 0 Å². The molecule has 0 aromatic heterocycles. The molecule has 86 valence electrons. The van der Waals surface area contributed by atoms with E-state index in [0.717, 1.165) is 26.2 Å². The van der Waals surface area contributed by atoms with Crippen LogP contribution in [0.3, 0.4) is 0 Å².